The summed E-state index contributed by atoms with van der Waals surface area (Å²) >= 11 is 0. The zero-order valence-electron chi connectivity index (χ0n) is 16.6. The van der Waals surface area contributed by atoms with E-state index in [2.05, 4.69) is 0 Å². The molecular weight excluding hydrogens is 376 g/mol. The molecule has 0 saturated heterocycles. The van der Waals surface area contributed by atoms with E-state index < -0.39 is 30.3 Å². The van der Waals surface area contributed by atoms with Crippen LogP contribution >= 0.6 is 0 Å². The Balaban J connectivity index is 1.84. The van der Waals surface area contributed by atoms with Crippen molar-refractivity contribution in [2.45, 2.75) is 37.3 Å². The molecule has 0 amide bonds. The van der Waals surface area contributed by atoms with E-state index in [4.69, 9.17) is 14.2 Å². The Bertz CT molecular complexity index is 790. The molecule has 7 nitrogen and oxygen atoms in total. The van der Waals surface area contributed by atoms with E-state index in [1.54, 1.807) is 26.4 Å². The van der Waals surface area contributed by atoms with Crippen molar-refractivity contribution in [3.8, 4) is 17.2 Å². The molecule has 2 aromatic carbocycles. The number of aliphatic hydroxyl groups excluding tert-OH is 4. The molecule has 3 rings (SSSR count). The summed E-state index contributed by atoms with van der Waals surface area (Å²) in [7, 11) is 3.20. The van der Waals surface area contributed by atoms with Gasteiger partial charge in [-0.15, -0.1) is 0 Å². The molecule has 2 aromatic rings. The number of hydrogen-bond donors (Lipinski definition) is 4. The molecule has 7 heteroatoms. The summed E-state index contributed by atoms with van der Waals surface area (Å²) in [6.07, 6.45) is -3.80. The lowest BCUT2D eigenvalue weighted by molar-refractivity contribution is -0.157. The summed E-state index contributed by atoms with van der Waals surface area (Å²) in [5.41, 5.74) is 1.89. The van der Waals surface area contributed by atoms with Crippen molar-refractivity contribution in [2.24, 2.45) is 5.92 Å². The predicted octanol–water partition coefficient (Wildman–Crippen LogP) is 1.14. The maximum Gasteiger partial charge on any atom is 0.128 e. The molecule has 1 aliphatic carbocycles. The van der Waals surface area contributed by atoms with Gasteiger partial charge in [-0.1, -0.05) is 12.1 Å². The van der Waals surface area contributed by atoms with Crippen molar-refractivity contribution in [2.75, 3.05) is 20.8 Å². The van der Waals surface area contributed by atoms with Crippen LogP contribution in [0.5, 0.6) is 17.2 Å². The molecule has 1 fully saturated rings. The van der Waals surface area contributed by atoms with Crippen molar-refractivity contribution in [3.63, 3.8) is 0 Å². The van der Waals surface area contributed by atoms with Crippen LogP contribution in [0, 0.1) is 5.92 Å². The maximum atomic E-state index is 10.4. The Kier molecular flexibility index (Phi) is 6.97. The minimum absolute atomic E-state index is 0.226. The number of rotatable bonds is 7. The first-order valence-electron chi connectivity index (χ1n) is 9.58. The highest BCUT2D eigenvalue weighted by Crippen LogP contribution is 2.33. The Hall–Kier alpha value is -2.32. The number of ether oxygens (including phenoxy) is 3. The van der Waals surface area contributed by atoms with E-state index >= 15 is 0 Å². The molecule has 0 aliphatic heterocycles. The zero-order valence-corrected chi connectivity index (χ0v) is 16.6. The fourth-order valence-electron chi connectivity index (χ4n) is 3.64. The number of benzene rings is 2. The zero-order chi connectivity index (χ0) is 21.0. The summed E-state index contributed by atoms with van der Waals surface area (Å²) in [6, 6.07) is 13.1. The number of aliphatic hydroxyl groups is 4. The van der Waals surface area contributed by atoms with Crippen molar-refractivity contribution < 1.29 is 34.6 Å². The van der Waals surface area contributed by atoms with E-state index in [0.717, 1.165) is 16.9 Å². The Morgan fingerprint density at radius 2 is 1.52 bits per heavy atom. The highest BCUT2D eigenvalue weighted by Gasteiger charge is 2.43. The van der Waals surface area contributed by atoms with Crippen LogP contribution in [0.25, 0.3) is 0 Å². The lowest BCUT2D eigenvalue weighted by Gasteiger charge is -2.39. The maximum absolute atomic E-state index is 10.4. The molecule has 0 unspecified atom stereocenters. The van der Waals surface area contributed by atoms with Gasteiger partial charge in [0.2, 0.25) is 0 Å². The molecule has 5 atom stereocenters. The molecule has 4 N–H and O–H groups in total. The van der Waals surface area contributed by atoms with Crippen LogP contribution in [0.1, 0.15) is 17.5 Å². The highest BCUT2D eigenvalue weighted by molar-refractivity contribution is 5.44. The molecule has 0 bridgehead atoms. The molecule has 1 saturated carbocycles. The lowest BCUT2D eigenvalue weighted by atomic mass is 9.81. The smallest absolute Gasteiger partial charge is 0.128 e. The molecular formula is C22H28O7. The largest absolute Gasteiger partial charge is 0.497 e. The molecule has 0 aromatic heterocycles. The Labute approximate surface area is 170 Å². The first-order chi connectivity index (χ1) is 14.0. The van der Waals surface area contributed by atoms with E-state index in [1.165, 1.54) is 0 Å². The predicted molar refractivity (Wildman–Crippen MR) is 106 cm³/mol. The Morgan fingerprint density at radius 1 is 0.862 bits per heavy atom. The van der Waals surface area contributed by atoms with Gasteiger partial charge >= 0.3 is 0 Å². The fourth-order valence-corrected chi connectivity index (χ4v) is 3.64. The second kappa shape index (κ2) is 9.45. The van der Waals surface area contributed by atoms with Gasteiger partial charge in [0.1, 0.15) is 35.6 Å². The van der Waals surface area contributed by atoms with Crippen molar-refractivity contribution in [1.29, 1.82) is 0 Å². The van der Waals surface area contributed by atoms with Gasteiger partial charge in [0, 0.05) is 24.5 Å². The average molecular weight is 404 g/mol. The van der Waals surface area contributed by atoms with Crippen LogP contribution in [-0.2, 0) is 6.42 Å². The quantitative estimate of drug-likeness (QED) is 0.548. The average Bonchev–Trinajstić information content (AvgIpc) is 2.75. The van der Waals surface area contributed by atoms with Crippen LogP contribution in [-0.4, -0.2) is 65.7 Å². The van der Waals surface area contributed by atoms with Crippen LogP contribution in [0.4, 0.5) is 0 Å². The summed E-state index contributed by atoms with van der Waals surface area (Å²) in [5.74, 6) is 1.42. The highest BCUT2D eigenvalue weighted by atomic mass is 16.5. The molecule has 0 radical (unpaired) electrons. The van der Waals surface area contributed by atoms with E-state index in [-0.39, 0.29) is 13.0 Å². The van der Waals surface area contributed by atoms with E-state index in [1.807, 2.05) is 30.3 Å². The number of methoxy groups -OCH3 is 2. The second-order valence-corrected chi connectivity index (χ2v) is 7.30. The van der Waals surface area contributed by atoms with Gasteiger partial charge in [0.05, 0.1) is 20.3 Å². The molecule has 158 valence electrons. The van der Waals surface area contributed by atoms with Crippen LogP contribution < -0.4 is 14.2 Å². The topological polar surface area (TPSA) is 109 Å². The number of hydrogen-bond acceptors (Lipinski definition) is 7. The van der Waals surface area contributed by atoms with Crippen LogP contribution in [0.3, 0.4) is 0 Å². The van der Waals surface area contributed by atoms with Gasteiger partial charge in [0.15, 0.2) is 0 Å². The SMILES string of the molecule is COc1ccc(Cc2cc(OC)ccc2O[C@@H]2C[C@H](CO)[C@@H](O)[C@H](O)[C@H]2O)cc1. The summed E-state index contributed by atoms with van der Waals surface area (Å²) in [4.78, 5) is 0. The van der Waals surface area contributed by atoms with Gasteiger partial charge in [-0.2, -0.15) is 0 Å². The normalized spacial score (nSPS) is 26.8. The third kappa shape index (κ3) is 4.82. The third-order valence-corrected chi connectivity index (χ3v) is 5.43. The Morgan fingerprint density at radius 3 is 2.14 bits per heavy atom. The molecule has 0 spiro atoms. The van der Waals surface area contributed by atoms with E-state index in [9.17, 15) is 20.4 Å². The first kappa shape index (κ1) is 21.4. The van der Waals surface area contributed by atoms with Crippen LogP contribution in [0.2, 0.25) is 0 Å². The first-order valence-corrected chi connectivity index (χ1v) is 9.58. The molecule has 29 heavy (non-hydrogen) atoms. The summed E-state index contributed by atoms with van der Waals surface area (Å²) < 4.78 is 16.6. The minimum atomic E-state index is -1.38. The standard InChI is InChI=1S/C22H28O7/c1-27-16-5-3-13(4-6-16)9-14-10-17(28-2)7-8-18(14)29-19-11-15(12-23)20(24)22(26)21(19)25/h3-8,10,15,19-26H,9,11-12H2,1-2H3/t15-,19-,20-,21+,22+/m1/s1. The van der Waals surface area contributed by atoms with Crippen molar-refractivity contribution in [3.05, 3.63) is 53.6 Å². The van der Waals surface area contributed by atoms with Crippen molar-refractivity contribution in [1.82, 2.24) is 0 Å². The molecule has 0 heterocycles. The lowest BCUT2D eigenvalue weighted by Crippen LogP contribution is -2.56. The minimum Gasteiger partial charge on any atom is -0.497 e. The van der Waals surface area contributed by atoms with Gasteiger partial charge in [-0.05, 0) is 42.3 Å². The summed E-state index contributed by atoms with van der Waals surface area (Å²) in [5, 5.41) is 40.0. The molecule has 1 aliphatic rings. The van der Waals surface area contributed by atoms with Crippen LogP contribution in [0.15, 0.2) is 42.5 Å². The van der Waals surface area contributed by atoms with Crippen molar-refractivity contribution >= 4 is 0 Å². The van der Waals surface area contributed by atoms with Gasteiger partial charge in [0.25, 0.3) is 0 Å². The summed E-state index contributed by atoms with van der Waals surface area (Å²) in [6.45, 7) is -0.299. The third-order valence-electron chi connectivity index (χ3n) is 5.43. The van der Waals surface area contributed by atoms with Gasteiger partial charge in [-0.3, -0.25) is 0 Å². The second-order valence-electron chi connectivity index (χ2n) is 7.30. The van der Waals surface area contributed by atoms with E-state index in [0.29, 0.717) is 17.9 Å². The van der Waals surface area contributed by atoms with Gasteiger partial charge < -0.3 is 34.6 Å². The fraction of sp³-hybridized carbons (Fsp3) is 0.455. The monoisotopic (exact) mass is 404 g/mol. The van der Waals surface area contributed by atoms with Gasteiger partial charge in [-0.25, -0.2) is 0 Å².